The third-order valence-corrected chi connectivity index (χ3v) is 8.31. The molecule has 2 aliphatic rings. The molecule has 0 radical (unpaired) electrons. The second-order valence-corrected chi connectivity index (χ2v) is 11.2. The van der Waals surface area contributed by atoms with Crippen molar-refractivity contribution in [1.29, 1.82) is 0 Å². The molecule has 1 amide bonds. The van der Waals surface area contributed by atoms with Crippen LogP contribution in [-0.4, -0.2) is 75.4 Å². The topological polar surface area (TPSA) is 132 Å². The van der Waals surface area contributed by atoms with E-state index in [1.807, 2.05) is 38.1 Å². The van der Waals surface area contributed by atoms with Gasteiger partial charge in [0.2, 0.25) is 11.9 Å². The van der Waals surface area contributed by atoms with Gasteiger partial charge in [-0.05, 0) is 68.3 Å². The molecule has 0 spiro atoms. The first-order valence-electron chi connectivity index (χ1n) is 12.7. The maximum absolute atomic E-state index is 12.5. The van der Waals surface area contributed by atoms with Crippen LogP contribution >= 0.6 is 11.3 Å². The van der Waals surface area contributed by atoms with Crippen molar-refractivity contribution in [1.82, 2.24) is 20.2 Å². The van der Waals surface area contributed by atoms with Gasteiger partial charge in [-0.25, -0.2) is 9.97 Å². The van der Waals surface area contributed by atoms with Gasteiger partial charge in [-0.3, -0.25) is 15.0 Å². The quantitative estimate of drug-likeness (QED) is 0.301. The van der Waals surface area contributed by atoms with E-state index < -0.39 is 18.1 Å². The number of thiophene rings is 1. The molecule has 2 saturated heterocycles. The Hall–Kier alpha value is -2.67. The van der Waals surface area contributed by atoms with Crippen LogP contribution in [0.5, 0.6) is 0 Å². The first-order valence-corrected chi connectivity index (χ1v) is 13.5. The van der Waals surface area contributed by atoms with E-state index >= 15 is 0 Å². The monoisotopic (exact) mass is 526 g/mol. The number of anilines is 2. The number of amides is 1. The molecule has 0 aliphatic carbocycles. The van der Waals surface area contributed by atoms with Crippen LogP contribution in [0.15, 0.2) is 36.5 Å². The van der Waals surface area contributed by atoms with Crippen molar-refractivity contribution >= 4 is 39.0 Å². The maximum Gasteiger partial charge on any atom is 0.224 e. The highest BCUT2D eigenvalue weighted by Gasteiger charge is 2.45. The number of nitrogens with one attached hydrogen (secondary N) is 3. The van der Waals surface area contributed by atoms with Gasteiger partial charge in [-0.1, -0.05) is 0 Å². The molecule has 2 aliphatic heterocycles. The number of hydrogen-bond acceptors (Lipinski definition) is 10. The zero-order valence-corrected chi connectivity index (χ0v) is 21.9. The van der Waals surface area contributed by atoms with E-state index in [0.29, 0.717) is 31.4 Å². The minimum Gasteiger partial charge on any atom is -0.381 e. The Morgan fingerprint density at radius 1 is 1.24 bits per heavy atom. The van der Waals surface area contributed by atoms with Gasteiger partial charge in [0.15, 0.2) is 6.35 Å². The summed E-state index contributed by atoms with van der Waals surface area (Å²) in [5, 5.41) is 30.3. The second kappa shape index (κ2) is 11.0. The molecule has 2 unspecified atom stereocenters. The zero-order chi connectivity index (χ0) is 26.0. The van der Waals surface area contributed by atoms with Crippen LogP contribution in [0, 0.1) is 5.92 Å². The van der Waals surface area contributed by atoms with Crippen LogP contribution in [0.4, 0.5) is 11.6 Å². The lowest BCUT2D eigenvalue weighted by atomic mass is 9.96. The van der Waals surface area contributed by atoms with Gasteiger partial charge in [0, 0.05) is 49.3 Å². The molecule has 11 heteroatoms. The third-order valence-electron chi connectivity index (χ3n) is 7.17. The normalized spacial score (nSPS) is 22.4. The Balaban J connectivity index is 1.21. The van der Waals surface area contributed by atoms with Gasteiger partial charge >= 0.3 is 0 Å². The number of benzene rings is 1. The molecule has 0 saturated carbocycles. The van der Waals surface area contributed by atoms with Crippen molar-refractivity contribution in [2.75, 3.05) is 36.9 Å². The fourth-order valence-corrected chi connectivity index (χ4v) is 5.87. The molecule has 3 aromatic rings. The summed E-state index contributed by atoms with van der Waals surface area (Å²) in [4.78, 5) is 24.3. The van der Waals surface area contributed by atoms with Crippen LogP contribution in [0.1, 0.15) is 33.1 Å². The molecule has 0 bridgehead atoms. The number of carbonyl (C=O) groups is 1. The summed E-state index contributed by atoms with van der Waals surface area (Å²) in [7, 11) is 0. The molecular weight excluding hydrogens is 492 g/mol. The van der Waals surface area contributed by atoms with Crippen LogP contribution in [0.3, 0.4) is 0 Å². The SMILES string of the molecule is CC1(C)C(O)NC(O)N1CCNc1nccc(-c2cc3cc(NC(=O)CC4CCOCC4)ccc3s2)n1. The van der Waals surface area contributed by atoms with E-state index in [1.54, 1.807) is 22.4 Å². The highest BCUT2D eigenvalue weighted by Crippen LogP contribution is 2.34. The van der Waals surface area contributed by atoms with Crippen molar-refractivity contribution in [3.8, 4) is 10.6 Å². The van der Waals surface area contributed by atoms with Crippen LogP contribution in [0.2, 0.25) is 0 Å². The van der Waals surface area contributed by atoms with E-state index in [9.17, 15) is 15.0 Å². The van der Waals surface area contributed by atoms with Gasteiger partial charge in [-0.15, -0.1) is 11.3 Å². The van der Waals surface area contributed by atoms with Crippen molar-refractivity contribution in [2.24, 2.45) is 5.92 Å². The molecule has 2 atom stereocenters. The minimum absolute atomic E-state index is 0.0448. The Morgan fingerprint density at radius 2 is 2.05 bits per heavy atom. The van der Waals surface area contributed by atoms with Crippen LogP contribution in [-0.2, 0) is 9.53 Å². The van der Waals surface area contributed by atoms with Crippen LogP contribution < -0.4 is 16.0 Å². The van der Waals surface area contributed by atoms with Crippen molar-refractivity contribution in [3.05, 3.63) is 36.5 Å². The number of aliphatic hydroxyl groups is 2. The number of carbonyl (C=O) groups excluding carboxylic acids is 1. The Bertz CT molecular complexity index is 1240. The molecule has 2 fully saturated rings. The largest absolute Gasteiger partial charge is 0.381 e. The zero-order valence-electron chi connectivity index (χ0n) is 21.1. The fraction of sp³-hybridized carbons (Fsp3) is 0.500. The smallest absolute Gasteiger partial charge is 0.224 e. The fourth-order valence-electron chi connectivity index (χ4n) is 4.86. The summed E-state index contributed by atoms with van der Waals surface area (Å²) in [5.41, 5.74) is 1.01. The first kappa shape index (κ1) is 26.0. The predicted molar refractivity (Wildman–Crippen MR) is 144 cm³/mol. The molecule has 198 valence electrons. The average Bonchev–Trinajstić information content (AvgIpc) is 3.38. The number of nitrogens with zero attached hydrogens (tertiary/aromatic N) is 3. The summed E-state index contributed by atoms with van der Waals surface area (Å²) in [6.45, 7) is 6.23. The minimum atomic E-state index is -0.908. The number of rotatable bonds is 8. The molecule has 5 N–H and O–H groups in total. The number of ether oxygens (including phenoxy) is 1. The number of hydrogen-bond donors (Lipinski definition) is 5. The maximum atomic E-state index is 12.5. The molecular formula is C26H34N6O4S. The molecule has 1 aromatic carbocycles. The van der Waals surface area contributed by atoms with E-state index in [-0.39, 0.29) is 5.91 Å². The number of fused-ring (bicyclic) bond motifs is 1. The second-order valence-electron chi connectivity index (χ2n) is 10.2. The highest BCUT2D eigenvalue weighted by atomic mass is 32.1. The summed E-state index contributed by atoms with van der Waals surface area (Å²) in [6.07, 6.45) is 2.41. The Labute approximate surface area is 220 Å². The summed E-state index contributed by atoms with van der Waals surface area (Å²) < 4.78 is 6.50. The van der Waals surface area contributed by atoms with Crippen LogP contribution in [0.25, 0.3) is 20.7 Å². The van der Waals surface area contributed by atoms with Gasteiger partial charge in [0.05, 0.1) is 16.1 Å². The lowest BCUT2D eigenvalue weighted by Crippen LogP contribution is -2.49. The first-order chi connectivity index (χ1) is 17.8. The Morgan fingerprint density at radius 3 is 2.81 bits per heavy atom. The summed E-state index contributed by atoms with van der Waals surface area (Å²) in [6, 6.07) is 9.93. The van der Waals surface area contributed by atoms with E-state index in [1.165, 1.54) is 0 Å². The predicted octanol–water partition coefficient (Wildman–Crippen LogP) is 2.80. The average molecular weight is 527 g/mol. The third kappa shape index (κ3) is 5.92. The van der Waals surface area contributed by atoms with Gasteiger partial charge in [0.25, 0.3) is 0 Å². The molecule has 10 nitrogen and oxygen atoms in total. The highest BCUT2D eigenvalue weighted by molar-refractivity contribution is 7.22. The summed E-state index contributed by atoms with van der Waals surface area (Å²) >= 11 is 1.64. The van der Waals surface area contributed by atoms with E-state index in [4.69, 9.17) is 4.74 Å². The van der Waals surface area contributed by atoms with Crippen molar-refractivity contribution in [3.63, 3.8) is 0 Å². The standard InChI is InChI=1S/C26H34N6O4S/c1-26(2)23(34)31-25(35)32(26)10-9-28-24-27-8-5-19(30-24)21-15-17-14-18(3-4-20(17)37-21)29-22(33)13-16-6-11-36-12-7-16/h3-5,8,14-16,23,25,31,34-35H,6-7,9-13H2,1-2H3,(H,29,33)(H,27,28,30). The van der Waals surface area contributed by atoms with E-state index in [0.717, 1.165) is 52.4 Å². The molecule has 2 aromatic heterocycles. The van der Waals surface area contributed by atoms with E-state index in [2.05, 4.69) is 32.0 Å². The van der Waals surface area contributed by atoms with Gasteiger partial charge < -0.3 is 25.6 Å². The summed E-state index contributed by atoms with van der Waals surface area (Å²) in [5.74, 6) is 0.931. The Kier molecular flexibility index (Phi) is 7.70. The number of aromatic nitrogens is 2. The molecule has 4 heterocycles. The lowest BCUT2D eigenvalue weighted by Gasteiger charge is -2.33. The van der Waals surface area contributed by atoms with Gasteiger partial charge in [-0.2, -0.15) is 0 Å². The number of aliphatic hydroxyl groups excluding tert-OH is 2. The molecule has 5 rings (SSSR count). The van der Waals surface area contributed by atoms with Crippen molar-refractivity contribution < 1.29 is 19.7 Å². The van der Waals surface area contributed by atoms with Crippen molar-refractivity contribution in [2.45, 2.75) is 51.2 Å². The van der Waals surface area contributed by atoms with Gasteiger partial charge in [0.1, 0.15) is 6.23 Å². The molecule has 37 heavy (non-hydrogen) atoms. The lowest BCUT2D eigenvalue weighted by molar-refractivity contribution is -0.117.